The molecule has 7 nitrogen and oxygen atoms in total. The second-order valence-electron chi connectivity index (χ2n) is 8.88. The van der Waals surface area contributed by atoms with E-state index in [0.29, 0.717) is 12.6 Å². The number of nitrogens with one attached hydrogen (secondary N) is 4. The van der Waals surface area contributed by atoms with Crippen LogP contribution in [-0.4, -0.2) is 42.4 Å². The molecule has 0 aromatic heterocycles. The Hall–Kier alpha value is -2.92. The van der Waals surface area contributed by atoms with Gasteiger partial charge in [0, 0.05) is 28.7 Å². The van der Waals surface area contributed by atoms with Crippen LogP contribution >= 0.6 is 15.9 Å². The first kappa shape index (κ1) is 28.3. The lowest BCUT2D eigenvalue weighted by Crippen LogP contribution is -2.56. The summed E-state index contributed by atoms with van der Waals surface area (Å²) in [5.74, 6) is -1.92. The van der Waals surface area contributed by atoms with E-state index in [1.54, 1.807) is 20.8 Å². The van der Waals surface area contributed by atoms with Crippen molar-refractivity contribution in [3.8, 4) is 0 Å². The molecule has 11 heteroatoms. The Morgan fingerprint density at radius 1 is 1.00 bits per heavy atom. The summed E-state index contributed by atoms with van der Waals surface area (Å²) in [6.45, 7) is 5.46. The van der Waals surface area contributed by atoms with Gasteiger partial charge in [-0.25, -0.2) is 0 Å². The zero-order chi connectivity index (χ0) is 26.2. The lowest BCUT2D eigenvalue weighted by molar-refractivity contribution is -0.137. The summed E-state index contributed by atoms with van der Waals surface area (Å²) in [5.41, 5.74) is -0.761. The molecule has 190 valence electrons. The number of benzene rings is 2. The van der Waals surface area contributed by atoms with Crippen molar-refractivity contribution in [2.75, 3.05) is 13.1 Å². The van der Waals surface area contributed by atoms with Crippen LogP contribution in [0.1, 0.15) is 42.3 Å². The van der Waals surface area contributed by atoms with Crippen molar-refractivity contribution in [2.24, 2.45) is 0 Å². The Kier molecular flexibility index (Phi) is 9.84. The molecule has 0 aliphatic rings. The van der Waals surface area contributed by atoms with E-state index in [1.807, 2.05) is 24.3 Å². The summed E-state index contributed by atoms with van der Waals surface area (Å²) >= 11 is 3.36. The summed E-state index contributed by atoms with van der Waals surface area (Å²) in [6.07, 6.45) is -4.59. The highest BCUT2D eigenvalue weighted by atomic mass is 79.9. The normalized spacial score (nSPS) is 12.5. The van der Waals surface area contributed by atoms with Crippen LogP contribution in [0.4, 0.5) is 13.2 Å². The maximum Gasteiger partial charge on any atom is 0.416 e. The third kappa shape index (κ3) is 10.1. The first-order valence-corrected chi connectivity index (χ1v) is 11.6. The van der Waals surface area contributed by atoms with Gasteiger partial charge in [-0.1, -0.05) is 34.1 Å². The molecule has 35 heavy (non-hydrogen) atoms. The summed E-state index contributed by atoms with van der Waals surface area (Å²) in [6, 6.07) is 10.5. The van der Waals surface area contributed by atoms with Gasteiger partial charge in [0.15, 0.2) is 0 Å². The van der Waals surface area contributed by atoms with Crippen LogP contribution in [-0.2, 0) is 22.3 Å². The largest absolute Gasteiger partial charge is 0.416 e. The van der Waals surface area contributed by atoms with Crippen LogP contribution < -0.4 is 21.3 Å². The molecule has 0 saturated heterocycles. The van der Waals surface area contributed by atoms with Gasteiger partial charge >= 0.3 is 6.18 Å². The molecule has 0 heterocycles. The number of hydrogen-bond donors (Lipinski definition) is 4. The topological polar surface area (TPSA) is 99.3 Å². The fourth-order valence-corrected chi connectivity index (χ4v) is 3.24. The molecule has 0 fully saturated rings. The third-order valence-corrected chi connectivity index (χ3v) is 5.13. The first-order chi connectivity index (χ1) is 16.2. The fourth-order valence-electron chi connectivity index (χ4n) is 2.97. The Balaban J connectivity index is 1.97. The molecule has 0 bridgehead atoms. The summed E-state index contributed by atoms with van der Waals surface area (Å²) in [7, 11) is 0. The Morgan fingerprint density at radius 3 is 2.26 bits per heavy atom. The maximum atomic E-state index is 12.9. The first-order valence-electron chi connectivity index (χ1n) is 10.8. The minimum atomic E-state index is -4.59. The van der Waals surface area contributed by atoms with Crippen LogP contribution in [0.2, 0.25) is 0 Å². The van der Waals surface area contributed by atoms with Crippen molar-refractivity contribution in [3.63, 3.8) is 0 Å². The minimum absolute atomic E-state index is 0.116. The smallest absolute Gasteiger partial charge is 0.350 e. The SMILES string of the molecule is CC(C)(C)NC(=O)C(CNCc1ccc(Br)cc1)NC(=O)CNC(=O)c1cccc(C(F)(F)F)c1. The number of hydrogen-bond acceptors (Lipinski definition) is 4. The summed E-state index contributed by atoms with van der Waals surface area (Å²) in [5, 5.41) is 10.8. The van der Waals surface area contributed by atoms with Crippen molar-refractivity contribution >= 4 is 33.7 Å². The van der Waals surface area contributed by atoms with E-state index >= 15 is 0 Å². The number of halogens is 4. The lowest BCUT2D eigenvalue weighted by atomic mass is 10.1. The van der Waals surface area contributed by atoms with Gasteiger partial charge in [0.25, 0.3) is 5.91 Å². The highest BCUT2D eigenvalue weighted by Crippen LogP contribution is 2.29. The summed E-state index contributed by atoms with van der Waals surface area (Å²) < 4.78 is 39.5. The number of carbonyl (C=O) groups excluding carboxylic acids is 3. The van der Waals surface area contributed by atoms with E-state index in [1.165, 1.54) is 6.07 Å². The van der Waals surface area contributed by atoms with E-state index in [-0.39, 0.29) is 12.1 Å². The Bertz CT molecular complexity index is 1040. The highest BCUT2D eigenvalue weighted by Gasteiger charge is 2.31. The van der Waals surface area contributed by atoms with Crippen molar-refractivity contribution in [1.82, 2.24) is 21.3 Å². The monoisotopic (exact) mass is 556 g/mol. The highest BCUT2D eigenvalue weighted by molar-refractivity contribution is 9.10. The van der Waals surface area contributed by atoms with Crippen molar-refractivity contribution in [3.05, 3.63) is 69.7 Å². The van der Waals surface area contributed by atoms with Gasteiger partial charge in [-0.05, 0) is 56.7 Å². The van der Waals surface area contributed by atoms with Gasteiger partial charge in [-0.2, -0.15) is 13.2 Å². The number of rotatable bonds is 9. The van der Waals surface area contributed by atoms with E-state index in [4.69, 9.17) is 0 Å². The predicted molar refractivity (Wildman–Crippen MR) is 129 cm³/mol. The van der Waals surface area contributed by atoms with Crippen molar-refractivity contribution < 1.29 is 27.6 Å². The molecule has 0 saturated carbocycles. The second kappa shape index (κ2) is 12.2. The second-order valence-corrected chi connectivity index (χ2v) is 9.79. The quantitative estimate of drug-likeness (QED) is 0.380. The van der Waals surface area contributed by atoms with Gasteiger partial charge in [0.1, 0.15) is 6.04 Å². The van der Waals surface area contributed by atoms with Gasteiger partial charge in [0.2, 0.25) is 11.8 Å². The molecule has 1 unspecified atom stereocenters. The van der Waals surface area contributed by atoms with Crippen LogP contribution in [0.3, 0.4) is 0 Å². The molecule has 1 atom stereocenters. The molecule has 2 aromatic carbocycles. The maximum absolute atomic E-state index is 12.9. The molecule has 2 rings (SSSR count). The Labute approximate surface area is 210 Å². The predicted octanol–water partition coefficient (Wildman–Crippen LogP) is 3.39. The molecule has 2 aromatic rings. The van der Waals surface area contributed by atoms with Gasteiger partial charge in [0.05, 0.1) is 12.1 Å². The molecule has 0 aliphatic carbocycles. The third-order valence-electron chi connectivity index (χ3n) is 4.60. The zero-order valence-electron chi connectivity index (χ0n) is 19.6. The fraction of sp³-hybridized carbons (Fsp3) is 0.375. The average molecular weight is 557 g/mol. The van der Waals surface area contributed by atoms with Crippen LogP contribution in [0.5, 0.6) is 0 Å². The lowest BCUT2D eigenvalue weighted by Gasteiger charge is -2.26. The Morgan fingerprint density at radius 2 is 1.66 bits per heavy atom. The van der Waals surface area contributed by atoms with Gasteiger partial charge in [-0.3, -0.25) is 14.4 Å². The van der Waals surface area contributed by atoms with E-state index < -0.39 is 47.6 Å². The number of amides is 3. The van der Waals surface area contributed by atoms with E-state index in [2.05, 4.69) is 37.2 Å². The van der Waals surface area contributed by atoms with Crippen LogP contribution in [0.25, 0.3) is 0 Å². The van der Waals surface area contributed by atoms with Gasteiger partial charge in [-0.15, -0.1) is 0 Å². The molecular formula is C24H28BrF3N4O3. The van der Waals surface area contributed by atoms with Gasteiger partial charge < -0.3 is 21.3 Å². The molecule has 3 amide bonds. The summed E-state index contributed by atoms with van der Waals surface area (Å²) in [4.78, 5) is 37.4. The standard InChI is InChI=1S/C24H28BrF3N4O3/c1-23(2,3)32-22(35)19(13-29-12-15-7-9-18(25)10-8-15)31-20(33)14-30-21(34)16-5-4-6-17(11-16)24(26,27)28/h4-11,19,29H,12-14H2,1-3H3,(H,30,34)(H,31,33)(H,32,35). The van der Waals surface area contributed by atoms with Crippen molar-refractivity contribution in [1.29, 1.82) is 0 Å². The van der Waals surface area contributed by atoms with E-state index in [9.17, 15) is 27.6 Å². The van der Waals surface area contributed by atoms with Crippen LogP contribution in [0, 0.1) is 0 Å². The molecule has 0 radical (unpaired) electrons. The minimum Gasteiger partial charge on any atom is -0.350 e. The zero-order valence-corrected chi connectivity index (χ0v) is 21.1. The average Bonchev–Trinajstić information content (AvgIpc) is 2.76. The van der Waals surface area contributed by atoms with Crippen LogP contribution in [0.15, 0.2) is 53.0 Å². The molecule has 0 aliphatic heterocycles. The number of alkyl halides is 3. The van der Waals surface area contributed by atoms with Crippen molar-refractivity contribution in [2.45, 2.75) is 45.1 Å². The molecule has 4 N–H and O–H groups in total. The molecule has 0 spiro atoms. The molecular weight excluding hydrogens is 529 g/mol. The van der Waals surface area contributed by atoms with E-state index in [0.717, 1.165) is 22.2 Å². The number of carbonyl (C=O) groups is 3.